The Balaban J connectivity index is 1.64. The van der Waals surface area contributed by atoms with Crippen LogP contribution < -0.4 is 0 Å². The first-order valence-electron chi connectivity index (χ1n) is 8.61. The van der Waals surface area contributed by atoms with Crippen LogP contribution in [0.1, 0.15) is 5.69 Å². The molecule has 0 fully saturated rings. The highest BCUT2D eigenvalue weighted by molar-refractivity contribution is 6.01. The van der Waals surface area contributed by atoms with Crippen LogP contribution in [-0.4, -0.2) is 9.97 Å². The molecular formula is C23H16N2O. The number of hydrogen-bond donors (Lipinski definition) is 0. The molecule has 3 aromatic carbocycles. The standard InChI is InChI=1S/C23H16N2O/c1-15-21(18-13-11-17(12-14-18)16-7-3-2-4-8-16)25-22-19-9-5-6-10-20(19)26-23(22)24-15/h2-14H,1H3. The second kappa shape index (κ2) is 5.81. The van der Waals surface area contributed by atoms with Gasteiger partial charge >= 0.3 is 0 Å². The predicted molar refractivity (Wildman–Crippen MR) is 105 cm³/mol. The zero-order valence-corrected chi connectivity index (χ0v) is 14.3. The number of para-hydroxylation sites is 1. The average molecular weight is 336 g/mol. The maximum absolute atomic E-state index is 5.83. The van der Waals surface area contributed by atoms with E-state index in [1.165, 1.54) is 11.1 Å². The van der Waals surface area contributed by atoms with E-state index in [4.69, 9.17) is 9.40 Å². The summed E-state index contributed by atoms with van der Waals surface area (Å²) in [6.07, 6.45) is 0. The Morgan fingerprint density at radius 2 is 1.31 bits per heavy atom. The SMILES string of the molecule is Cc1nc2oc3ccccc3c2nc1-c1ccc(-c2ccccc2)cc1. The summed E-state index contributed by atoms with van der Waals surface area (Å²) in [7, 11) is 0. The topological polar surface area (TPSA) is 38.9 Å². The van der Waals surface area contributed by atoms with E-state index in [2.05, 4.69) is 53.5 Å². The van der Waals surface area contributed by atoms with Gasteiger partial charge in [-0.2, -0.15) is 0 Å². The molecule has 5 aromatic rings. The summed E-state index contributed by atoms with van der Waals surface area (Å²) in [5, 5.41) is 0.997. The summed E-state index contributed by atoms with van der Waals surface area (Å²) in [4.78, 5) is 9.52. The Hall–Kier alpha value is -3.46. The number of nitrogens with zero attached hydrogens (tertiary/aromatic N) is 2. The number of benzene rings is 3. The first kappa shape index (κ1) is 14.8. The van der Waals surface area contributed by atoms with Crippen molar-refractivity contribution in [3.05, 3.63) is 84.6 Å². The molecule has 0 unspecified atom stereocenters. The minimum absolute atomic E-state index is 0.591. The minimum atomic E-state index is 0.591. The molecule has 0 saturated carbocycles. The molecule has 0 aliphatic rings. The van der Waals surface area contributed by atoms with E-state index < -0.39 is 0 Å². The summed E-state index contributed by atoms with van der Waals surface area (Å²) in [5.74, 6) is 0. The third-order valence-corrected chi connectivity index (χ3v) is 4.65. The Morgan fingerprint density at radius 1 is 0.654 bits per heavy atom. The molecule has 0 radical (unpaired) electrons. The lowest BCUT2D eigenvalue weighted by molar-refractivity contribution is 0.651. The number of aromatic nitrogens is 2. The molecule has 0 atom stereocenters. The molecule has 0 bridgehead atoms. The van der Waals surface area contributed by atoms with Gasteiger partial charge in [0.05, 0.1) is 11.4 Å². The maximum Gasteiger partial charge on any atom is 0.246 e. The van der Waals surface area contributed by atoms with Gasteiger partial charge < -0.3 is 4.42 Å². The van der Waals surface area contributed by atoms with Crippen LogP contribution in [0.5, 0.6) is 0 Å². The minimum Gasteiger partial charge on any atom is -0.436 e. The summed E-state index contributed by atoms with van der Waals surface area (Å²) in [6, 6.07) is 26.7. The van der Waals surface area contributed by atoms with Crippen molar-refractivity contribution in [2.75, 3.05) is 0 Å². The molecule has 26 heavy (non-hydrogen) atoms. The highest BCUT2D eigenvalue weighted by Crippen LogP contribution is 2.30. The average Bonchev–Trinajstić information content (AvgIpc) is 3.05. The molecule has 0 aliphatic heterocycles. The zero-order chi connectivity index (χ0) is 17.5. The fourth-order valence-electron chi connectivity index (χ4n) is 3.33. The Kier molecular flexibility index (Phi) is 3.32. The molecule has 2 heterocycles. The highest BCUT2D eigenvalue weighted by Gasteiger charge is 2.14. The fraction of sp³-hybridized carbons (Fsp3) is 0.0435. The van der Waals surface area contributed by atoms with Crippen LogP contribution >= 0.6 is 0 Å². The first-order chi connectivity index (χ1) is 12.8. The monoisotopic (exact) mass is 336 g/mol. The second-order valence-electron chi connectivity index (χ2n) is 6.35. The van der Waals surface area contributed by atoms with Crippen molar-refractivity contribution in [1.82, 2.24) is 9.97 Å². The van der Waals surface area contributed by atoms with Crippen LogP contribution in [0.15, 0.2) is 83.3 Å². The highest BCUT2D eigenvalue weighted by atomic mass is 16.3. The third kappa shape index (κ3) is 2.37. The van der Waals surface area contributed by atoms with E-state index in [1.54, 1.807) is 0 Å². The zero-order valence-electron chi connectivity index (χ0n) is 14.3. The molecule has 0 spiro atoms. The maximum atomic E-state index is 5.83. The molecule has 5 rings (SSSR count). The van der Waals surface area contributed by atoms with Crippen LogP contribution in [0.3, 0.4) is 0 Å². The van der Waals surface area contributed by atoms with Gasteiger partial charge in [0.2, 0.25) is 5.71 Å². The van der Waals surface area contributed by atoms with Gasteiger partial charge in [0, 0.05) is 10.9 Å². The van der Waals surface area contributed by atoms with Gasteiger partial charge in [-0.15, -0.1) is 0 Å². The summed E-state index contributed by atoms with van der Waals surface area (Å²) < 4.78 is 5.83. The van der Waals surface area contributed by atoms with Crippen molar-refractivity contribution in [2.45, 2.75) is 6.92 Å². The van der Waals surface area contributed by atoms with Gasteiger partial charge in [-0.1, -0.05) is 66.7 Å². The molecule has 124 valence electrons. The predicted octanol–water partition coefficient (Wildman–Crippen LogP) is 6.02. The van der Waals surface area contributed by atoms with E-state index in [0.29, 0.717) is 5.71 Å². The lowest BCUT2D eigenvalue weighted by Crippen LogP contribution is -1.93. The smallest absolute Gasteiger partial charge is 0.246 e. The molecule has 0 amide bonds. The van der Waals surface area contributed by atoms with Crippen LogP contribution in [0.2, 0.25) is 0 Å². The van der Waals surface area contributed by atoms with E-state index in [9.17, 15) is 0 Å². The Bertz CT molecular complexity index is 1220. The summed E-state index contributed by atoms with van der Waals surface area (Å²) in [6.45, 7) is 1.97. The van der Waals surface area contributed by atoms with E-state index in [0.717, 1.165) is 33.4 Å². The van der Waals surface area contributed by atoms with Crippen molar-refractivity contribution >= 4 is 22.2 Å². The Labute approximate surface area is 151 Å². The normalized spacial score (nSPS) is 11.3. The number of furan rings is 1. The van der Waals surface area contributed by atoms with Crippen LogP contribution in [-0.2, 0) is 0 Å². The van der Waals surface area contributed by atoms with Gasteiger partial charge in [0.25, 0.3) is 0 Å². The fourth-order valence-corrected chi connectivity index (χ4v) is 3.33. The summed E-state index contributed by atoms with van der Waals surface area (Å²) >= 11 is 0. The Morgan fingerprint density at radius 3 is 2.12 bits per heavy atom. The number of hydrogen-bond acceptors (Lipinski definition) is 3. The molecule has 2 aromatic heterocycles. The molecule has 0 saturated heterocycles. The lowest BCUT2D eigenvalue weighted by Gasteiger charge is -2.06. The quantitative estimate of drug-likeness (QED) is 0.396. The number of fused-ring (bicyclic) bond motifs is 3. The van der Waals surface area contributed by atoms with Gasteiger partial charge in [-0.3, -0.25) is 0 Å². The largest absolute Gasteiger partial charge is 0.436 e. The van der Waals surface area contributed by atoms with Crippen molar-refractivity contribution in [1.29, 1.82) is 0 Å². The van der Waals surface area contributed by atoms with Crippen LogP contribution in [0, 0.1) is 6.92 Å². The number of rotatable bonds is 2. The van der Waals surface area contributed by atoms with E-state index >= 15 is 0 Å². The molecule has 0 N–H and O–H groups in total. The van der Waals surface area contributed by atoms with E-state index in [-0.39, 0.29) is 0 Å². The molecule has 3 heteroatoms. The second-order valence-corrected chi connectivity index (χ2v) is 6.35. The molecule has 0 aliphatic carbocycles. The molecule has 3 nitrogen and oxygen atoms in total. The van der Waals surface area contributed by atoms with Crippen molar-refractivity contribution in [2.24, 2.45) is 0 Å². The van der Waals surface area contributed by atoms with Crippen LogP contribution in [0.25, 0.3) is 44.6 Å². The lowest BCUT2D eigenvalue weighted by atomic mass is 10.0. The summed E-state index contributed by atoms with van der Waals surface area (Å²) in [5.41, 5.74) is 7.43. The van der Waals surface area contributed by atoms with Gasteiger partial charge in [-0.05, 0) is 30.2 Å². The van der Waals surface area contributed by atoms with E-state index in [1.807, 2.05) is 37.3 Å². The molecular weight excluding hydrogens is 320 g/mol. The third-order valence-electron chi connectivity index (χ3n) is 4.65. The number of aryl methyl sites for hydroxylation is 1. The van der Waals surface area contributed by atoms with Gasteiger partial charge in [0.1, 0.15) is 11.1 Å². The first-order valence-corrected chi connectivity index (χ1v) is 8.61. The van der Waals surface area contributed by atoms with Crippen molar-refractivity contribution in [3.8, 4) is 22.4 Å². The van der Waals surface area contributed by atoms with Gasteiger partial charge in [0.15, 0.2) is 0 Å². The van der Waals surface area contributed by atoms with Gasteiger partial charge in [-0.25, -0.2) is 9.97 Å². The van der Waals surface area contributed by atoms with Crippen LogP contribution in [0.4, 0.5) is 0 Å². The van der Waals surface area contributed by atoms with Crippen molar-refractivity contribution < 1.29 is 4.42 Å². The van der Waals surface area contributed by atoms with Crippen molar-refractivity contribution in [3.63, 3.8) is 0 Å².